The van der Waals surface area contributed by atoms with Crippen LogP contribution in [0, 0.1) is 0 Å². The van der Waals surface area contributed by atoms with E-state index in [0.717, 1.165) is 18.4 Å². The van der Waals surface area contributed by atoms with Crippen molar-refractivity contribution in [2.45, 2.75) is 18.3 Å². The molecule has 2 N–H and O–H groups in total. The van der Waals surface area contributed by atoms with Gasteiger partial charge in [0.05, 0.1) is 19.6 Å². The lowest BCUT2D eigenvalue weighted by molar-refractivity contribution is 0.347. The first-order valence-corrected chi connectivity index (χ1v) is 6.48. The van der Waals surface area contributed by atoms with Gasteiger partial charge in [-0.05, 0) is 25.0 Å². The van der Waals surface area contributed by atoms with Crippen molar-refractivity contribution in [3.63, 3.8) is 0 Å². The SMILES string of the molecule is COc1cc(OC)cc(-c2noc(C3(CN)CC3)n2)c1. The molecule has 0 spiro atoms. The van der Waals surface area contributed by atoms with Crippen molar-refractivity contribution in [3.05, 3.63) is 24.1 Å². The third kappa shape index (κ3) is 2.12. The molecule has 0 bridgehead atoms. The Morgan fingerprint density at radius 1 is 1.20 bits per heavy atom. The molecule has 1 aromatic carbocycles. The van der Waals surface area contributed by atoms with Gasteiger partial charge in [0.15, 0.2) is 0 Å². The lowest BCUT2D eigenvalue weighted by Gasteiger charge is -2.06. The van der Waals surface area contributed by atoms with Gasteiger partial charge in [0, 0.05) is 18.2 Å². The van der Waals surface area contributed by atoms with Crippen molar-refractivity contribution in [1.29, 1.82) is 0 Å². The number of aromatic nitrogens is 2. The average Bonchev–Trinajstić information content (AvgIpc) is 3.15. The van der Waals surface area contributed by atoms with Gasteiger partial charge >= 0.3 is 0 Å². The van der Waals surface area contributed by atoms with E-state index < -0.39 is 0 Å². The molecule has 1 aliphatic carbocycles. The second-order valence-corrected chi connectivity index (χ2v) is 5.01. The Kier molecular flexibility index (Phi) is 3.10. The predicted octanol–water partition coefficient (Wildman–Crippen LogP) is 1.74. The Labute approximate surface area is 116 Å². The number of methoxy groups -OCH3 is 2. The van der Waals surface area contributed by atoms with E-state index in [2.05, 4.69) is 10.1 Å². The van der Waals surface area contributed by atoms with Crippen LogP contribution in [0.25, 0.3) is 11.4 Å². The number of rotatable bonds is 5. The molecule has 1 aliphatic rings. The van der Waals surface area contributed by atoms with E-state index in [1.165, 1.54) is 0 Å². The first-order valence-electron chi connectivity index (χ1n) is 6.48. The number of benzene rings is 1. The fourth-order valence-corrected chi connectivity index (χ4v) is 2.15. The number of ether oxygens (including phenoxy) is 2. The van der Waals surface area contributed by atoms with Gasteiger partial charge in [-0.3, -0.25) is 0 Å². The number of hydrogen-bond acceptors (Lipinski definition) is 6. The van der Waals surface area contributed by atoms with E-state index in [1.807, 2.05) is 12.1 Å². The minimum absolute atomic E-state index is 0.103. The zero-order valence-corrected chi connectivity index (χ0v) is 11.5. The second-order valence-electron chi connectivity index (χ2n) is 5.01. The van der Waals surface area contributed by atoms with Gasteiger partial charge in [-0.2, -0.15) is 4.98 Å². The van der Waals surface area contributed by atoms with E-state index in [4.69, 9.17) is 19.7 Å². The first kappa shape index (κ1) is 12.9. The van der Waals surface area contributed by atoms with Crippen LogP contribution in [0.1, 0.15) is 18.7 Å². The van der Waals surface area contributed by atoms with Gasteiger partial charge in [0.2, 0.25) is 11.7 Å². The second kappa shape index (κ2) is 4.79. The summed E-state index contributed by atoms with van der Waals surface area (Å²) in [7, 11) is 3.21. The van der Waals surface area contributed by atoms with E-state index in [0.29, 0.717) is 29.8 Å². The van der Waals surface area contributed by atoms with Crippen molar-refractivity contribution in [1.82, 2.24) is 10.1 Å². The van der Waals surface area contributed by atoms with E-state index in [1.54, 1.807) is 20.3 Å². The molecule has 1 fully saturated rings. The van der Waals surface area contributed by atoms with E-state index in [9.17, 15) is 0 Å². The normalized spacial score (nSPS) is 15.9. The molecular weight excluding hydrogens is 258 g/mol. The monoisotopic (exact) mass is 275 g/mol. The first-order chi connectivity index (χ1) is 9.70. The number of hydrogen-bond donors (Lipinski definition) is 1. The summed E-state index contributed by atoms with van der Waals surface area (Å²) >= 11 is 0. The molecule has 0 saturated heterocycles. The molecule has 6 nitrogen and oxygen atoms in total. The van der Waals surface area contributed by atoms with Crippen LogP contribution in [0.5, 0.6) is 11.5 Å². The lowest BCUT2D eigenvalue weighted by Crippen LogP contribution is -2.19. The van der Waals surface area contributed by atoms with Gasteiger partial charge < -0.3 is 19.7 Å². The summed E-state index contributed by atoms with van der Waals surface area (Å²) in [5.41, 5.74) is 6.46. The van der Waals surface area contributed by atoms with Crippen LogP contribution < -0.4 is 15.2 Å². The molecular formula is C14H17N3O3. The Bertz CT molecular complexity index is 598. The van der Waals surface area contributed by atoms with Crippen molar-refractivity contribution in [2.75, 3.05) is 20.8 Å². The van der Waals surface area contributed by atoms with Crippen LogP contribution in [0.15, 0.2) is 22.7 Å². The highest BCUT2D eigenvalue weighted by molar-refractivity contribution is 5.60. The summed E-state index contributed by atoms with van der Waals surface area (Å²) in [6.07, 6.45) is 2.01. The topological polar surface area (TPSA) is 83.4 Å². The van der Waals surface area contributed by atoms with E-state index in [-0.39, 0.29) is 5.41 Å². The summed E-state index contributed by atoms with van der Waals surface area (Å²) in [5, 5.41) is 4.04. The van der Waals surface area contributed by atoms with Crippen molar-refractivity contribution in [3.8, 4) is 22.9 Å². The molecule has 0 radical (unpaired) electrons. The molecule has 1 saturated carbocycles. The zero-order valence-electron chi connectivity index (χ0n) is 11.5. The molecule has 2 aromatic rings. The van der Waals surface area contributed by atoms with Crippen molar-refractivity contribution >= 4 is 0 Å². The smallest absolute Gasteiger partial charge is 0.234 e. The highest BCUT2D eigenvalue weighted by Crippen LogP contribution is 2.46. The molecule has 0 amide bonds. The maximum atomic E-state index is 5.77. The quantitative estimate of drug-likeness (QED) is 0.895. The zero-order chi connectivity index (χ0) is 14.2. The molecule has 106 valence electrons. The van der Waals surface area contributed by atoms with Gasteiger partial charge in [-0.15, -0.1) is 0 Å². The summed E-state index contributed by atoms with van der Waals surface area (Å²) in [5.74, 6) is 2.52. The van der Waals surface area contributed by atoms with Crippen LogP contribution >= 0.6 is 0 Å². The Hall–Kier alpha value is -2.08. The fraction of sp³-hybridized carbons (Fsp3) is 0.429. The van der Waals surface area contributed by atoms with Crippen molar-refractivity contribution in [2.24, 2.45) is 5.73 Å². The minimum Gasteiger partial charge on any atom is -0.497 e. The molecule has 0 atom stereocenters. The number of nitrogens with two attached hydrogens (primary N) is 1. The maximum absolute atomic E-state index is 5.77. The highest BCUT2D eigenvalue weighted by atomic mass is 16.5. The van der Waals surface area contributed by atoms with E-state index >= 15 is 0 Å². The molecule has 1 heterocycles. The maximum Gasteiger partial charge on any atom is 0.234 e. The van der Waals surface area contributed by atoms with Crippen molar-refractivity contribution < 1.29 is 14.0 Å². The molecule has 3 rings (SSSR count). The summed E-state index contributed by atoms with van der Waals surface area (Å²) in [6.45, 7) is 0.538. The molecule has 1 aromatic heterocycles. The van der Waals surface area contributed by atoms with Crippen LogP contribution in [-0.2, 0) is 5.41 Å². The molecule has 20 heavy (non-hydrogen) atoms. The molecule has 0 aliphatic heterocycles. The standard InChI is InChI=1S/C14H17N3O3/c1-18-10-5-9(6-11(7-10)19-2)12-16-13(20-17-12)14(8-15)3-4-14/h5-7H,3-4,8,15H2,1-2H3. The third-order valence-corrected chi connectivity index (χ3v) is 3.73. The minimum atomic E-state index is -0.103. The summed E-state index contributed by atoms with van der Waals surface area (Å²) in [4.78, 5) is 4.47. The fourth-order valence-electron chi connectivity index (χ4n) is 2.15. The molecule has 6 heteroatoms. The Balaban J connectivity index is 1.97. The third-order valence-electron chi connectivity index (χ3n) is 3.73. The van der Waals surface area contributed by atoms with Gasteiger partial charge in [0.25, 0.3) is 0 Å². The van der Waals surface area contributed by atoms with Crippen LogP contribution in [0.3, 0.4) is 0 Å². The number of nitrogens with zero attached hydrogens (tertiary/aromatic N) is 2. The largest absolute Gasteiger partial charge is 0.497 e. The Morgan fingerprint density at radius 3 is 2.35 bits per heavy atom. The average molecular weight is 275 g/mol. The lowest BCUT2D eigenvalue weighted by atomic mass is 10.1. The predicted molar refractivity (Wildman–Crippen MR) is 72.8 cm³/mol. The Morgan fingerprint density at radius 2 is 1.85 bits per heavy atom. The van der Waals surface area contributed by atoms with Gasteiger partial charge in [0.1, 0.15) is 11.5 Å². The van der Waals surface area contributed by atoms with Crippen LogP contribution in [0.4, 0.5) is 0 Å². The van der Waals surface area contributed by atoms with Gasteiger partial charge in [-0.25, -0.2) is 0 Å². The van der Waals surface area contributed by atoms with Gasteiger partial charge in [-0.1, -0.05) is 5.16 Å². The van der Waals surface area contributed by atoms with Crippen LogP contribution in [-0.4, -0.2) is 30.9 Å². The highest BCUT2D eigenvalue weighted by Gasteiger charge is 2.48. The van der Waals surface area contributed by atoms with Crippen LogP contribution in [0.2, 0.25) is 0 Å². The summed E-state index contributed by atoms with van der Waals surface area (Å²) in [6, 6.07) is 5.49. The summed E-state index contributed by atoms with van der Waals surface area (Å²) < 4.78 is 15.8. The molecule has 0 unspecified atom stereocenters.